The van der Waals surface area contributed by atoms with Gasteiger partial charge in [0.2, 0.25) is 5.91 Å². The highest BCUT2D eigenvalue weighted by atomic mass is 32.2. The van der Waals surface area contributed by atoms with Crippen LogP contribution < -0.4 is 5.32 Å². The number of rotatable bonds is 2. The molecule has 5 nitrogen and oxygen atoms in total. The van der Waals surface area contributed by atoms with Crippen molar-refractivity contribution in [2.45, 2.75) is 18.6 Å². The normalized spacial score (nSPS) is 31.1. The van der Waals surface area contributed by atoms with Gasteiger partial charge in [-0.3, -0.25) is 10.1 Å². The molecule has 1 aromatic rings. The highest BCUT2D eigenvalue weighted by Crippen LogP contribution is 2.30. The summed E-state index contributed by atoms with van der Waals surface area (Å²) in [6.45, 7) is 0.289. The molecular formula is C11H14N2O3S2. The van der Waals surface area contributed by atoms with Crippen LogP contribution in [-0.2, 0) is 14.6 Å². The van der Waals surface area contributed by atoms with Gasteiger partial charge in [0.1, 0.15) is 6.17 Å². The van der Waals surface area contributed by atoms with Crippen LogP contribution in [-0.4, -0.2) is 43.3 Å². The van der Waals surface area contributed by atoms with E-state index in [1.165, 1.54) is 0 Å². The van der Waals surface area contributed by atoms with Crippen LogP contribution in [0.5, 0.6) is 0 Å². The molecule has 18 heavy (non-hydrogen) atoms. The van der Waals surface area contributed by atoms with Crippen LogP contribution in [0, 0.1) is 0 Å². The Kier molecular flexibility index (Phi) is 2.91. The second-order valence-electron chi connectivity index (χ2n) is 4.70. The first-order valence-electron chi connectivity index (χ1n) is 5.84. The molecule has 2 fully saturated rings. The van der Waals surface area contributed by atoms with Crippen molar-refractivity contribution in [2.75, 3.05) is 18.1 Å². The average Bonchev–Trinajstić information content (AvgIpc) is 2.97. The summed E-state index contributed by atoms with van der Waals surface area (Å²) in [6, 6.07) is 1.79. The molecule has 2 aliphatic rings. The third kappa shape index (κ3) is 2.06. The SMILES string of the molecule is O=C1CNC(c2ccsc2)N1C1CCS(=O)(=O)C1. The fourth-order valence-corrected chi connectivity index (χ4v) is 5.03. The molecule has 1 aromatic heterocycles. The van der Waals surface area contributed by atoms with E-state index in [0.717, 1.165) is 5.56 Å². The summed E-state index contributed by atoms with van der Waals surface area (Å²) in [5, 5.41) is 7.11. The van der Waals surface area contributed by atoms with Crippen molar-refractivity contribution in [1.82, 2.24) is 10.2 Å². The Bertz CT molecular complexity index is 553. The van der Waals surface area contributed by atoms with E-state index in [-0.39, 0.29) is 36.2 Å². The molecule has 1 amide bonds. The minimum atomic E-state index is -2.97. The van der Waals surface area contributed by atoms with E-state index in [1.54, 1.807) is 16.2 Å². The Morgan fingerprint density at radius 2 is 2.28 bits per heavy atom. The number of hydrogen-bond donors (Lipinski definition) is 1. The van der Waals surface area contributed by atoms with Crippen LogP contribution in [0.4, 0.5) is 0 Å². The van der Waals surface area contributed by atoms with Gasteiger partial charge < -0.3 is 4.90 Å². The molecule has 0 bridgehead atoms. The number of hydrogen-bond acceptors (Lipinski definition) is 5. The fraction of sp³-hybridized carbons (Fsp3) is 0.545. The lowest BCUT2D eigenvalue weighted by atomic mass is 10.1. The molecule has 2 atom stereocenters. The quantitative estimate of drug-likeness (QED) is 0.853. The van der Waals surface area contributed by atoms with E-state index in [4.69, 9.17) is 0 Å². The number of thiophene rings is 1. The summed E-state index contributed by atoms with van der Waals surface area (Å²) >= 11 is 1.58. The molecule has 0 saturated carbocycles. The van der Waals surface area contributed by atoms with Gasteiger partial charge in [-0.2, -0.15) is 11.3 Å². The Morgan fingerprint density at radius 1 is 1.44 bits per heavy atom. The van der Waals surface area contributed by atoms with Gasteiger partial charge in [0.15, 0.2) is 9.84 Å². The average molecular weight is 286 g/mol. The fourth-order valence-electron chi connectivity index (χ4n) is 2.64. The molecule has 0 aliphatic carbocycles. The summed E-state index contributed by atoms with van der Waals surface area (Å²) in [5.41, 5.74) is 1.04. The maximum absolute atomic E-state index is 11.9. The number of sulfone groups is 1. The number of nitrogens with zero attached hydrogens (tertiary/aromatic N) is 1. The van der Waals surface area contributed by atoms with Gasteiger partial charge in [-0.25, -0.2) is 8.42 Å². The number of carbonyl (C=O) groups excluding carboxylic acids is 1. The zero-order valence-corrected chi connectivity index (χ0v) is 11.3. The third-order valence-electron chi connectivity index (χ3n) is 3.47. The van der Waals surface area contributed by atoms with Crippen LogP contribution >= 0.6 is 11.3 Å². The molecule has 2 saturated heterocycles. The van der Waals surface area contributed by atoms with Crippen molar-refractivity contribution < 1.29 is 13.2 Å². The molecule has 0 aromatic carbocycles. The van der Waals surface area contributed by atoms with E-state index in [0.29, 0.717) is 6.42 Å². The second-order valence-corrected chi connectivity index (χ2v) is 7.71. The molecule has 3 heterocycles. The van der Waals surface area contributed by atoms with Gasteiger partial charge in [0.25, 0.3) is 0 Å². The van der Waals surface area contributed by atoms with Crippen LogP contribution in [0.15, 0.2) is 16.8 Å². The number of amides is 1. The zero-order chi connectivity index (χ0) is 12.8. The summed E-state index contributed by atoms with van der Waals surface area (Å²) in [7, 11) is -2.97. The van der Waals surface area contributed by atoms with E-state index < -0.39 is 9.84 Å². The van der Waals surface area contributed by atoms with Crippen molar-refractivity contribution >= 4 is 27.1 Å². The first-order valence-corrected chi connectivity index (χ1v) is 8.60. The van der Waals surface area contributed by atoms with Gasteiger partial charge in [-0.05, 0) is 28.8 Å². The summed E-state index contributed by atoms with van der Waals surface area (Å²) in [4.78, 5) is 13.7. The Morgan fingerprint density at radius 3 is 2.89 bits per heavy atom. The molecule has 2 unspecified atom stereocenters. The Labute approximate surface area is 110 Å². The predicted molar refractivity (Wildman–Crippen MR) is 69.0 cm³/mol. The summed E-state index contributed by atoms with van der Waals surface area (Å²) in [6.07, 6.45) is 0.387. The van der Waals surface area contributed by atoms with Crippen molar-refractivity contribution in [3.05, 3.63) is 22.4 Å². The Balaban J connectivity index is 1.87. The van der Waals surface area contributed by atoms with E-state index in [2.05, 4.69) is 5.32 Å². The second kappa shape index (κ2) is 4.32. The van der Waals surface area contributed by atoms with Crippen molar-refractivity contribution in [1.29, 1.82) is 0 Å². The lowest BCUT2D eigenvalue weighted by Gasteiger charge is -2.29. The molecule has 0 radical (unpaired) electrons. The topological polar surface area (TPSA) is 66.5 Å². The van der Waals surface area contributed by atoms with Gasteiger partial charge in [-0.1, -0.05) is 0 Å². The van der Waals surface area contributed by atoms with Gasteiger partial charge in [0, 0.05) is 6.04 Å². The summed E-state index contributed by atoms with van der Waals surface area (Å²) < 4.78 is 23.1. The molecule has 3 rings (SSSR count). The maximum atomic E-state index is 11.9. The maximum Gasteiger partial charge on any atom is 0.238 e. The highest BCUT2D eigenvalue weighted by molar-refractivity contribution is 7.91. The van der Waals surface area contributed by atoms with E-state index in [1.807, 2.05) is 16.8 Å². The predicted octanol–water partition coefficient (Wildman–Crippen LogP) is 0.366. The summed E-state index contributed by atoms with van der Waals surface area (Å²) in [5.74, 6) is 0.284. The molecule has 2 aliphatic heterocycles. The van der Waals surface area contributed by atoms with Crippen molar-refractivity contribution in [3.8, 4) is 0 Å². The van der Waals surface area contributed by atoms with Crippen LogP contribution in [0.2, 0.25) is 0 Å². The standard InChI is InChI=1S/C11H14N2O3S2/c14-10-5-12-11(8-1-3-17-6-8)13(10)9-2-4-18(15,16)7-9/h1,3,6,9,11-12H,2,4-5,7H2. The third-order valence-corrected chi connectivity index (χ3v) is 5.93. The van der Waals surface area contributed by atoms with Crippen molar-refractivity contribution in [3.63, 3.8) is 0 Å². The van der Waals surface area contributed by atoms with Gasteiger partial charge in [0.05, 0.1) is 18.1 Å². The van der Waals surface area contributed by atoms with Crippen LogP contribution in [0.3, 0.4) is 0 Å². The molecule has 0 spiro atoms. The smallest absolute Gasteiger partial charge is 0.238 e. The first kappa shape index (κ1) is 12.1. The number of nitrogens with one attached hydrogen (secondary N) is 1. The number of carbonyl (C=O) groups is 1. The van der Waals surface area contributed by atoms with Gasteiger partial charge in [-0.15, -0.1) is 0 Å². The molecule has 7 heteroatoms. The van der Waals surface area contributed by atoms with E-state index in [9.17, 15) is 13.2 Å². The minimum Gasteiger partial charge on any atom is -0.318 e. The van der Waals surface area contributed by atoms with Crippen LogP contribution in [0.1, 0.15) is 18.2 Å². The van der Waals surface area contributed by atoms with E-state index >= 15 is 0 Å². The highest BCUT2D eigenvalue weighted by Gasteiger charge is 2.41. The minimum absolute atomic E-state index is 0.00620. The Hall–Kier alpha value is -0.920. The van der Waals surface area contributed by atoms with Gasteiger partial charge >= 0.3 is 0 Å². The largest absolute Gasteiger partial charge is 0.318 e. The molecule has 1 N–H and O–H groups in total. The zero-order valence-electron chi connectivity index (χ0n) is 9.70. The van der Waals surface area contributed by atoms with Crippen LogP contribution in [0.25, 0.3) is 0 Å². The lowest BCUT2D eigenvalue weighted by molar-refractivity contribution is -0.129. The lowest BCUT2D eigenvalue weighted by Crippen LogP contribution is -2.40. The monoisotopic (exact) mass is 286 g/mol. The first-order chi connectivity index (χ1) is 8.57. The molecule has 98 valence electrons. The van der Waals surface area contributed by atoms with Crippen molar-refractivity contribution in [2.24, 2.45) is 0 Å². The molecular weight excluding hydrogens is 272 g/mol.